The van der Waals surface area contributed by atoms with Gasteiger partial charge in [-0.25, -0.2) is 4.39 Å². The molecule has 1 heterocycles. The van der Waals surface area contributed by atoms with E-state index in [9.17, 15) is 19.1 Å². The molecule has 122 valence electrons. The molecule has 0 atom stereocenters. The number of aromatic nitrogens is 2. The van der Waals surface area contributed by atoms with E-state index in [0.717, 1.165) is 24.2 Å². The summed E-state index contributed by atoms with van der Waals surface area (Å²) in [5.74, 6) is -1.20. The molecule has 0 saturated carbocycles. The van der Waals surface area contributed by atoms with E-state index in [-0.39, 0.29) is 28.3 Å². The van der Waals surface area contributed by atoms with Gasteiger partial charge in [-0.2, -0.15) is 4.98 Å². The second kappa shape index (κ2) is 7.77. The summed E-state index contributed by atoms with van der Waals surface area (Å²) >= 11 is 1.03. The molecule has 1 aromatic heterocycles. The van der Waals surface area contributed by atoms with Gasteiger partial charge in [0.2, 0.25) is 11.8 Å². The van der Waals surface area contributed by atoms with Crippen molar-refractivity contribution in [2.75, 3.05) is 11.1 Å². The van der Waals surface area contributed by atoms with Crippen molar-refractivity contribution in [2.45, 2.75) is 25.0 Å². The minimum absolute atomic E-state index is 0.0177. The Balaban J connectivity index is 2.05. The number of hydrogen-bond acceptors (Lipinski definition) is 5. The van der Waals surface area contributed by atoms with Crippen LogP contribution in [0.5, 0.6) is 5.88 Å². The van der Waals surface area contributed by atoms with Crippen molar-refractivity contribution in [3.05, 3.63) is 46.5 Å². The molecule has 2 rings (SSSR count). The molecule has 0 aliphatic rings. The van der Waals surface area contributed by atoms with Crippen LogP contribution in [0.4, 0.5) is 10.1 Å². The first-order valence-corrected chi connectivity index (χ1v) is 7.97. The van der Waals surface area contributed by atoms with E-state index in [2.05, 4.69) is 10.3 Å². The van der Waals surface area contributed by atoms with Gasteiger partial charge >= 0.3 is 0 Å². The van der Waals surface area contributed by atoms with Crippen LogP contribution in [-0.4, -0.2) is 26.3 Å². The van der Waals surface area contributed by atoms with Gasteiger partial charge in [0.1, 0.15) is 5.82 Å². The molecular formula is C15H16FN3O3S. The molecule has 0 aliphatic heterocycles. The normalized spacial score (nSPS) is 10.5. The zero-order valence-corrected chi connectivity index (χ0v) is 13.3. The number of hydrogen-bond donors (Lipinski definition) is 2. The Morgan fingerprint density at radius 2 is 2.22 bits per heavy atom. The second-order valence-electron chi connectivity index (χ2n) is 4.73. The minimum atomic E-state index is -0.443. The zero-order valence-electron chi connectivity index (χ0n) is 12.5. The van der Waals surface area contributed by atoms with E-state index < -0.39 is 5.82 Å². The van der Waals surface area contributed by atoms with Crippen molar-refractivity contribution < 1.29 is 14.3 Å². The number of anilines is 1. The molecule has 2 aromatic rings. The summed E-state index contributed by atoms with van der Waals surface area (Å²) in [5.41, 5.74) is -0.0159. The van der Waals surface area contributed by atoms with Gasteiger partial charge in [0.15, 0.2) is 5.16 Å². The zero-order chi connectivity index (χ0) is 16.8. The lowest BCUT2D eigenvalue weighted by Gasteiger charge is -2.10. The quantitative estimate of drug-likeness (QED) is 0.624. The van der Waals surface area contributed by atoms with Crippen LogP contribution in [0.15, 0.2) is 40.3 Å². The predicted octanol–water partition coefficient (Wildman–Crippen LogP) is 2.23. The molecule has 6 nitrogen and oxygen atoms in total. The molecule has 0 unspecified atom stereocenters. The summed E-state index contributed by atoms with van der Waals surface area (Å²) in [5, 5.41) is 12.3. The Morgan fingerprint density at radius 1 is 1.43 bits per heavy atom. The van der Waals surface area contributed by atoms with Gasteiger partial charge in [-0.3, -0.25) is 14.2 Å². The lowest BCUT2D eigenvalue weighted by atomic mass is 10.3. The van der Waals surface area contributed by atoms with Crippen molar-refractivity contribution >= 4 is 23.4 Å². The molecule has 23 heavy (non-hydrogen) atoms. The first-order valence-electron chi connectivity index (χ1n) is 6.98. The number of aromatic hydroxyl groups is 1. The molecular weight excluding hydrogens is 321 g/mol. The maximum absolute atomic E-state index is 13.1. The number of thioether (sulfide) groups is 1. The molecule has 0 fully saturated rings. The second-order valence-corrected chi connectivity index (χ2v) is 5.68. The van der Waals surface area contributed by atoms with Gasteiger partial charge in [-0.05, 0) is 24.6 Å². The number of amides is 1. The van der Waals surface area contributed by atoms with Crippen LogP contribution in [0.25, 0.3) is 0 Å². The van der Waals surface area contributed by atoms with Crippen molar-refractivity contribution in [3.63, 3.8) is 0 Å². The van der Waals surface area contributed by atoms with E-state index in [4.69, 9.17) is 0 Å². The average Bonchev–Trinajstić information content (AvgIpc) is 2.48. The molecule has 0 saturated heterocycles. The van der Waals surface area contributed by atoms with Crippen LogP contribution in [0.3, 0.4) is 0 Å². The van der Waals surface area contributed by atoms with E-state index >= 15 is 0 Å². The van der Waals surface area contributed by atoms with Crippen LogP contribution in [0.2, 0.25) is 0 Å². The maximum Gasteiger partial charge on any atom is 0.257 e. The molecule has 0 radical (unpaired) electrons. The monoisotopic (exact) mass is 337 g/mol. The molecule has 8 heteroatoms. The molecule has 2 N–H and O–H groups in total. The van der Waals surface area contributed by atoms with Crippen LogP contribution in [-0.2, 0) is 11.3 Å². The average molecular weight is 337 g/mol. The number of rotatable bonds is 6. The SMILES string of the molecule is CCCn1c(SCC(=O)Nc2cccc(F)c2)nc(O)cc1=O. The third kappa shape index (κ3) is 4.82. The number of carbonyl (C=O) groups is 1. The van der Waals surface area contributed by atoms with Gasteiger partial charge < -0.3 is 10.4 Å². The number of benzene rings is 1. The summed E-state index contributed by atoms with van der Waals surface area (Å²) in [4.78, 5) is 27.6. The van der Waals surface area contributed by atoms with Gasteiger partial charge in [0, 0.05) is 12.2 Å². The number of halogens is 1. The van der Waals surface area contributed by atoms with Crippen molar-refractivity contribution in [1.82, 2.24) is 9.55 Å². The van der Waals surface area contributed by atoms with E-state index in [1.54, 1.807) is 6.07 Å². The Labute approximate surface area is 136 Å². The molecule has 0 aliphatic carbocycles. The molecule has 1 aromatic carbocycles. The molecule has 0 bridgehead atoms. The fourth-order valence-electron chi connectivity index (χ4n) is 1.91. The van der Waals surface area contributed by atoms with Crippen molar-refractivity contribution in [1.29, 1.82) is 0 Å². The third-order valence-electron chi connectivity index (χ3n) is 2.85. The minimum Gasteiger partial charge on any atom is -0.493 e. The Morgan fingerprint density at radius 3 is 2.91 bits per heavy atom. The fraction of sp³-hybridized carbons (Fsp3) is 0.267. The summed E-state index contributed by atoms with van der Waals surface area (Å²) in [6.07, 6.45) is 0.718. The van der Waals surface area contributed by atoms with Gasteiger partial charge in [-0.1, -0.05) is 24.8 Å². The van der Waals surface area contributed by atoms with Crippen molar-refractivity contribution in [2.24, 2.45) is 0 Å². The lowest BCUT2D eigenvalue weighted by molar-refractivity contribution is -0.113. The molecule has 0 spiro atoms. The highest BCUT2D eigenvalue weighted by molar-refractivity contribution is 7.99. The first kappa shape index (κ1) is 17.0. The fourth-order valence-corrected chi connectivity index (χ4v) is 2.73. The maximum atomic E-state index is 13.1. The highest BCUT2D eigenvalue weighted by Gasteiger charge is 2.11. The Hall–Kier alpha value is -2.35. The first-order chi connectivity index (χ1) is 11.0. The van der Waals surface area contributed by atoms with Crippen LogP contribution < -0.4 is 10.9 Å². The van der Waals surface area contributed by atoms with Gasteiger partial charge in [-0.15, -0.1) is 0 Å². The largest absolute Gasteiger partial charge is 0.493 e. The smallest absolute Gasteiger partial charge is 0.257 e. The van der Waals surface area contributed by atoms with Crippen LogP contribution in [0.1, 0.15) is 13.3 Å². The molecule has 1 amide bonds. The Kier molecular flexibility index (Phi) is 5.75. The summed E-state index contributed by atoms with van der Waals surface area (Å²) in [7, 11) is 0. The summed E-state index contributed by atoms with van der Waals surface area (Å²) in [6.45, 7) is 2.35. The number of nitrogens with zero attached hydrogens (tertiary/aromatic N) is 2. The standard InChI is InChI=1S/C15H16FN3O3S/c1-2-6-19-14(22)8-12(20)18-15(19)23-9-13(21)17-11-5-3-4-10(16)7-11/h3-5,7-8,20H,2,6,9H2,1H3,(H,17,21). The number of nitrogens with one attached hydrogen (secondary N) is 1. The van der Waals surface area contributed by atoms with Crippen LogP contribution in [0, 0.1) is 5.82 Å². The van der Waals surface area contributed by atoms with E-state index in [1.165, 1.54) is 22.8 Å². The predicted molar refractivity (Wildman–Crippen MR) is 86.2 cm³/mol. The highest BCUT2D eigenvalue weighted by atomic mass is 32.2. The topological polar surface area (TPSA) is 84.2 Å². The van der Waals surface area contributed by atoms with E-state index in [1.807, 2.05) is 6.92 Å². The summed E-state index contributed by atoms with van der Waals surface area (Å²) < 4.78 is 14.5. The van der Waals surface area contributed by atoms with Crippen LogP contribution >= 0.6 is 11.8 Å². The highest BCUT2D eigenvalue weighted by Crippen LogP contribution is 2.17. The summed E-state index contributed by atoms with van der Waals surface area (Å²) in [6, 6.07) is 6.60. The van der Waals surface area contributed by atoms with Crippen molar-refractivity contribution in [3.8, 4) is 5.88 Å². The van der Waals surface area contributed by atoms with Gasteiger partial charge in [0.25, 0.3) is 5.56 Å². The third-order valence-corrected chi connectivity index (χ3v) is 3.82. The van der Waals surface area contributed by atoms with E-state index in [0.29, 0.717) is 12.2 Å². The Bertz CT molecular complexity index is 764. The number of carbonyl (C=O) groups excluding carboxylic acids is 1. The van der Waals surface area contributed by atoms with Gasteiger partial charge in [0.05, 0.1) is 11.8 Å². The lowest BCUT2D eigenvalue weighted by Crippen LogP contribution is -2.23.